The molecule has 0 spiro atoms. The average molecular weight is 609 g/mol. The van der Waals surface area contributed by atoms with E-state index in [0.29, 0.717) is 17.1 Å². The van der Waals surface area contributed by atoms with Crippen molar-refractivity contribution in [3.8, 4) is 0 Å². The van der Waals surface area contributed by atoms with E-state index in [1.54, 1.807) is 44.2 Å². The van der Waals surface area contributed by atoms with Gasteiger partial charge in [0, 0.05) is 13.1 Å². The number of benzene rings is 3. The summed E-state index contributed by atoms with van der Waals surface area (Å²) >= 11 is 12.2. The van der Waals surface area contributed by atoms with Crippen LogP contribution in [0, 0.1) is 18.7 Å². The van der Waals surface area contributed by atoms with E-state index in [0.717, 1.165) is 15.9 Å². The average Bonchev–Trinajstić information content (AvgIpc) is 2.91. The third kappa shape index (κ3) is 7.74. The van der Waals surface area contributed by atoms with E-state index < -0.39 is 40.2 Å². The number of carbonyl (C=O) groups is 2. The van der Waals surface area contributed by atoms with Crippen LogP contribution in [0.4, 0.5) is 10.1 Å². The summed E-state index contributed by atoms with van der Waals surface area (Å²) in [4.78, 5) is 28.0. The number of rotatable bonds is 11. The fourth-order valence-electron chi connectivity index (χ4n) is 3.87. The maximum Gasteiger partial charge on any atom is 0.264 e. The van der Waals surface area contributed by atoms with Gasteiger partial charge >= 0.3 is 0 Å². The lowest BCUT2D eigenvalue weighted by Gasteiger charge is -2.32. The molecule has 3 aromatic carbocycles. The minimum atomic E-state index is -4.37. The zero-order chi connectivity index (χ0) is 29.6. The molecular formula is C29H32Cl2FN3O4S. The van der Waals surface area contributed by atoms with E-state index in [1.165, 1.54) is 35.2 Å². The van der Waals surface area contributed by atoms with E-state index >= 15 is 0 Å². The van der Waals surface area contributed by atoms with Gasteiger partial charge in [-0.05, 0) is 61.7 Å². The van der Waals surface area contributed by atoms with Crippen LogP contribution in [0.5, 0.6) is 0 Å². The Labute approximate surface area is 244 Å². The van der Waals surface area contributed by atoms with Gasteiger partial charge < -0.3 is 10.2 Å². The number of para-hydroxylation sites is 1. The number of aryl methyl sites for hydroxylation is 1. The van der Waals surface area contributed by atoms with Crippen molar-refractivity contribution in [1.29, 1.82) is 0 Å². The second kappa shape index (κ2) is 13.5. The molecule has 1 unspecified atom stereocenters. The molecule has 7 nitrogen and oxygen atoms in total. The summed E-state index contributed by atoms with van der Waals surface area (Å²) in [5.74, 6) is -1.77. The fraction of sp³-hybridized carbons (Fsp3) is 0.310. The minimum absolute atomic E-state index is 0.0678. The topological polar surface area (TPSA) is 86.8 Å². The van der Waals surface area contributed by atoms with Crippen LogP contribution >= 0.6 is 23.2 Å². The van der Waals surface area contributed by atoms with Gasteiger partial charge in [-0.2, -0.15) is 0 Å². The van der Waals surface area contributed by atoms with Crippen LogP contribution in [-0.2, 0) is 26.2 Å². The molecule has 3 rings (SSSR count). The van der Waals surface area contributed by atoms with Crippen LogP contribution in [0.25, 0.3) is 0 Å². The van der Waals surface area contributed by atoms with Crippen molar-refractivity contribution in [3.05, 3.63) is 93.7 Å². The summed E-state index contributed by atoms with van der Waals surface area (Å²) < 4.78 is 43.2. The maximum atomic E-state index is 15.0. The van der Waals surface area contributed by atoms with Crippen LogP contribution in [0.3, 0.4) is 0 Å². The van der Waals surface area contributed by atoms with Gasteiger partial charge in [0.15, 0.2) is 0 Å². The lowest BCUT2D eigenvalue weighted by atomic mass is 10.1. The molecule has 0 aliphatic carbocycles. The quantitative estimate of drug-likeness (QED) is 0.297. The number of nitrogens with one attached hydrogen (secondary N) is 1. The molecule has 1 N–H and O–H groups in total. The number of halogens is 3. The molecule has 0 fully saturated rings. The Balaban J connectivity index is 2.04. The van der Waals surface area contributed by atoms with Gasteiger partial charge in [0.25, 0.3) is 10.0 Å². The summed E-state index contributed by atoms with van der Waals surface area (Å²) in [6, 6.07) is 15.2. The van der Waals surface area contributed by atoms with E-state index in [2.05, 4.69) is 5.32 Å². The molecule has 214 valence electrons. The third-order valence-electron chi connectivity index (χ3n) is 6.20. The molecule has 2 amide bonds. The fourth-order valence-corrected chi connectivity index (χ4v) is 5.62. The Morgan fingerprint density at radius 3 is 2.20 bits per heavy atom. The summed E-state index contributed by atoms with van der Waals surface area (Å²) in [6.45, 7) is 6.80. The lowest BCUT2D eigenvalue weighted by molar-refractivity contribution is -0.139. The van der Waals surface area contributed by atoms with Crippen molar-refractivity contribution in [2.75, 3.05) is 17.4 Å². The highest BCUT2D eigenvalue weighted by Gasteiger charge is 2.33. The molecule has 0 radical (unpaired) electrons. The monoisotopic (exact) mass is 607 g/mol. The lowest BCUT2D eigenvalue weighted by Crippen LogP contribution is -2.51. The molecule has 3 aromatic rings. The first-order valence-corrected chi connectivity index (χ1v) is 14.9. The van der Waals surface area contributed by atoms with Gasteiger partial charge in [0.1, 0.15) is 18.4 Å². The first-order valence-electron chi connectivity index (χ1n) is 12.7. The van der Waals surface area contributed by atoms with Crippen molar-refractivity contribution in [2.45, 2.75) is 45.2 Å². The Bertz CT molecular complexity index is 1470. The highest BCUT2D eigenvalue weighted by Crippen LogP contribution is 2.28. The number of nitrogens with zero attached hydrogens (tertiary/aromatic N) is 2. The van der Waals surface area contributed by atoms with Gasteiger partial charge in [-0.1, -0.05) is 72.9 Å². The first-order chi connectivity index (χ1) is 18.8. The standard InChI is InChI=1S/C29H32Cl2FN3O4S/c1-19(2)16-33-29(37)21(4)34(17-22-11-14-24(30)25(31)15-22)28(36)18-35(27-8-6-5-7-26(27)32)40(38,39)23-12-9-20(3)10-13-23/h5-15,19,21H,16-18H2,1-4H3,(H,33,37). The van der Waals surface area contributed by atoms with E-state index in [-0.39, 0.29) is 28.1 Å². The van der Waals surface area contributed by atoms with Gasteiger partial charge in [0.2, 0.25) is 11.8 Å². The van der Waals surface area contributed by atoms with Crippen LogP contribution in [0.15, 0.2) is 71.6 Å². The molecule has 1 atom stereocenters. The Kier molecular flexibility index (Phi) is 10.6. The molecule has 0 aliphatic rings. The van der Waals surface area contributed by atoms with Crippen molar-refractivity contribution in [2.24, 2.45) is 5.92 Å². The molecule has 0 aromatic heterocycles. The van der Waals surface area contributed by atoms with Crippen LogP contribution in [0.2, 0.25) is 10.0 Å². The smallest absolute Gasteiger partial charge is 0.264 e. The molecule has 0 bridgehead atoms. The van der Waals surface area contributed by atoms with Gasteiger partial charge in [-0.15, -0.1) is 0 Å². The van der Waals surface area contributed by atoms with Crippen molar-refractivity contribution in [3.63, 3.8) is 0 Å². The number of amides is 2. The molecule has 0 saturated carbocycles. The van der Waals surface area contributed by atoms with Crippen molar-refractivity contribution < 1.29 is 22.4 Å². The first kappa shape index (κ1) is 31.4. The normalized spacial score (nSPS) is 12.2. The zero-order valence-electron chi connectivity index (χ0n) is 22.7. The summed E-state index contributed by atoms with van der Waals surface area (Å²) in [7, 11) is -4.37. The van der Waals surface area contributed by atoms with Gasteiger partial charge in [-0.25, -0.2) is 12.8 Å². The van der Waals surface area contributed by atoms with Gasteiger partial charge in [-0.3, -0.25) is 13.9 Å². The highest BCUT2D eigenvalue weighted by molar-refractivity contribution is 7.92. The number of hydrogen-bond donors (Lipinski definition) is 1. The number of anilines is 1. The number of carbonyl (C=O) groups excluding carboxylic acids is 2. The predicted molar refractivity (Wildman–Crippen MR) is 156 cm³/mol. The summed E-state index contributed by atoms with van der Waals surface area (Å²) in [6.07, 6.45) is 0. The summed E-state index contributed by atoms with van der Waals surface area (Å²) in [5, 5.41) is 3.39. The number of sulfonamides is 1. The van der Waals surface area contributed by atoms with Crippen LogP contribution < -0.4 is 9.62 Å². The second-order valence-corrected chi connectivity index (χ2v) is 12.5. The number of hydrogen-bond acceptors (Lipinski definition) is 4. The summed E-state index contributed by atoms with van der Waals surface area (Å²) in [5.41, 5.74) is 1.12. The van der Waals surface area contributed by atoms with E-state index in [9.17, 15) is 22.4 Å². The second-order valence-electron chi connectivity index (χ2n) is 9.86. The molecule has 0 aliphatic heterocycles. The molecule has 0 saturated heterocycles. The van der Waals surface area contributed by atoms with Crippen LogP contribution in [0.1, 0.15) is 31.9 Å². The van der Waals surface area contributed by atoms with E-state index in [4.69, 9.17) is 23.2 Å². The van der Waals surface area contributed by atoms with Gasteiger partial charge in [0.05, 0.1) is 20.6 Å². The SMILES string of the molecule is Cc1ccc(S(=O)(=O)N(CC(=O)N(Cc2ccc(Cl)c(Cl)c2)C(C)C(=O)NCC(C)C)c2ccccc2F)cc1. The Morgan fingerprint density at radius 2 is 1.60 bits per heavy atom. The van der Waals surface area contributed by atoms with E-state index in [1.807, 2.05) is 13.8 Å². The van der Waals surface area contributed by atoms with Crippen molar-refractivity contribution >= 4 is 50.7 Å². The maximum absolute atomic E-state index is 15.0. The largest absolute Gasteiger partial charge is 0.354 e. The Morgan fingerprint density at radius 1 is 0.950 bits per heavy atom. The third-order valence-corrected chi connectivity index (χ3v) is 8.71. The van der Waals surface area contributed by atoms with Crippen molar-refractivity contribution in [1.82, 2.24) is 10.2 Å². The molecule has 40 heavy (non-hydrogen) atoms. The highest BCUT2D eigenvalue weighted by atomic mass is 35.5. The Hall–Kier alpha value is -3.14. The van der Waals surface area contributed by atoms with Crippen LogP contribution in [-0.4, -0.2) is 44.3 Å². The molecule has 11 heteroatoms. The minimum Gasteiger partial charge on any atom is -0.354 e. The molecular weight excluding hydrogens is 576 g/mol. The molecule has 0 heterocycles. The predicted octanol–water partition coefficient (Wildman–Crippen LogP) is 5.83. The zero-order valence-corrected chi connectivity index (χ0v) is 25.0.